The van der Waals surface area contributed by atoms with Crippen molar-refractivity contribution in [3.05, 3.63) is 31.0 Å². The molecule has 0 aromatic carbocycles. The molecule has 98 valence electrons. The third-order valence-corrected chi connectivity index (χ3v) is 1.87. The van der Waals surface area contributed by atoms with Gasteiger partial charge in [-0.15, -0.1) is 0 Å². The first-order valence-corrected chi connectivity index (χ1v) is 4.86. The number of nitro groups is 1. The maximum Gasteiger partial charge on any atom is 0.393 e. The molecule has 2 N–H and O–H groups in total. The number of rotatable bonds is 2. The van der Waals surface area contributed by atoms with Crippen molar-refractivity contribution < 1.29 is 14.5 Å². The SMILES string of the molecule is CC(C)(C)C(=O)Oc1[nH]c(=O)[nH]c(=O)c1[N+](=O)[O-]. The second-order valence-electron chi connectivity index (χ2n) is 4.48. The van der Waals surface area contributed by atoms with Crippen LogP contribution in [-0.4, -0.2) is 20.9 Å². The van der Waals surface area contributed by atoms with Gasteiger partial charge in [-0.05, 0) is 20.8 Å². The Hall–Kier alpha value is -2.45. The van der Waals surface area contributed by atoms with Crippen LogP contribution in [0.5, 0.6) is 5.88 Å². The summed E-state index contributed by atoms with van der Waals surface area (Å²) >= 11 is 0. The second kappa shape index (κ2) is 4.43. The van der Waals surface area contributed by atoms with Crippen molar-refractivity contribution in [2.24, 2.45) is 5.41 Å². The maximum absolute atomic E-state index is 11.6. The van der Waals surface area contributed by atoms with Crippen molar-refractivity contribution in [3.8, 4) is 5.88 Å². The summed E-state index contributed by atoms with van der Waals surface area (Å²) in [5.41, 5.74) is -4.19. The number of hydrogen-bond acceptors (Lipinski definition) is 6. The fourth-order valence-electron chi connectivity index (χ4n) is 0.944. The van der Waals surface area contributed by atoms with E-state index in [0.29, 0.717) is 0 Å². The summed E-state index contributed by atoms with van der Waals surface area (Å²) in [6, 6.07) is 0. The highest BCUT2D eigenvalue weighted by atomic mass is 16.6. The minimum absolute atomic E-state index is 0.770. The summed E-state index contributed by atoms with van der Waals surface area (Å²) in [5.74, 6) is -1.58. The molecule has 0 aliphatic rings. The first-order valence-electron chi connectivity index (χ1n) is 4.86. The van der Waals surface area contributed by atoms with E-state index >= 15 is 0 Å². The van der Waals surface area contributed by atoms with Crippen molar-refractivity contribution in [3.63, 3.8) is 0 Å². The molecule has 18 heavy (non-hydrogen) atoms. The number of aromatic nitrogens is 2. The number of carbonyl (C=O) groups excluding carboxylic acids is 1. The summed E-state index contributed by atoms with van der Waals surface area (Å²) in [7, 11) is 0. The minimum atomic E-state index is -1.24. The third-order valence-electron chi connectivity index (χ3n) is 1.87. The predicted octanol–water partition coefficient (Wildman–Crippen LogP) is -0.0771. The van der Waals surface area contributed by atoms with E-state index in [1.54, 1.807) is 4.98 Å². The number of ether oxygens (including phenoxy) is 1. The Morgan fingerprint density at radius 1 is 1.28 bits per heavy atom. The molecule has 0 bridgehead atoms. The minimum Gasteiger partial charge on any atom is -0.401 e. The Balaban J connectivity index is 3.33. The van der Waals surface area contributed by atoms with E-state index < -0.39 is 39.1 Å². The molecular weight excluding hydrogens is 246 g/mol. The topological polar surface area (TPSA) is 135 Å². The highest BCUT2D eigenvalue weighted by molar-refractivity contribution is 5.78. The van der Waals surface area contributed by atoms with Crippen molar-refractivity contribution in [2.45, 2.75) is 20.8 Å². The highest BCUT2D eigenvalue weighted by Gasteiger charge is 2.29. The van der Waals surface area contributed by atoms with Crippen molar-refractivity contribution in [2.75, 3.05) is 0 Å². The van der Waals surface area contributed by atoms with Crippen LogP contribution in [0.4, 0.5) is 5.69 Å². The summed E-state index contributed by atoms with van der Waals surface area (Å²) < 4.78 is 4.68. The van der Waals surface area contributed by atoms with E-state index in [4.69, 9.17) is 0 Å². The third kappa shape index (κ3) is 2.81. The molecule has 0 amide bonds. The molecule has 1 heterocycles. The van der Waals surface area contributed by atoms with Gasteiger partial charge in [0.1, 0.15) is 0 Å². The van der Waals surface area contributed by atoms with Gasteiger partial charge < -0.3 is 4.74 Å². The van der Waals surface area contributed by atoms with Gasteiger partial charge in [-0.2, -0.15) is 0 Å². The van der Waals surface area contributed by atoms with E-state index in [1.807, 2.05) is 4.98 Å². The predicted molar refractivity (Wildman–Crippen MR) is 59.4 cm³/mol. The van der Waals surface area contributed by atoms with Crippen LogP contribution in [-0.2, 0) is 4.79 Å². The smallest absolute Gasteiger partial charge is 0.393 e. The Bertz CT molecular complexity index is 606. The quantitative estimate of drug-likeness (QED) is 0.432. The molecule has 9 heteroatoms. The lowest BCUT2D eigenvalue weighted by atomic mass is 9.97. The van der Waals surface area contributed by atoms with Gasteiger partial charge in [-0.25, -0.2) is 4.79 Å². The Kier molecular flexibility index (Phi) is 3.35. The molecule has 0 fully saturated rings. The molecule has 0 saturated carbocycles. The summed E-state index contributed by atoms with van der Waals surface area (Å²) in [5, 5.41) is 10.7. The van der Waals surface area contributed by atoms with Crippen molar-refractivity contribution in [1.29, 1.82) is 0 Å². The highest BCUT2D eigenvalue weighted by Crippen LogP contribution is 2.22. The number of hydrogen-bond donors (Lipinski definition) is 2. The van der Waals surface area contributed by atoms with Gasteiger partial charge in [0, 0.05) is 0 Å². The van der Waals surface area contributed by atoms with E-state index in [-0.39, 0.29) is 0 Å². The van der Waals surface area contributed by atoms with Crippen LogP contribution in [0.1, 0.15) is 20.8 Å². The molecule has 1 aromatic rings. The van der Waals surface area contributed by atoms with Crippen LogP contribution in [0.3, 0.4) is 0 Å². The summed E-state index contributed by atoms with van der Waals surface area (Å²) in [6.45, 7) is 4.56. The number of carbonyl (C=O) groups is 1. The Morgan fingerprint density at radius 2 is 1.83 bits per heavy atom. The zero-order chi connectivity index (χ0) is 14.1. The van der Waals surface area contributed by atoms with Gasteiger partial charge in [0.15, 0.2) is 0 Å². The number of nitrogens with zero attached hydrogens (tertiary/aromatic N) is 1. The molecule has 0 atom stereocenters. The van der Waals surface area contributed by atoms with Crippen LogP contribution in [0.15, 0.2) is 9.59 Å². The second-order valence-corrected chi connectivity index (χ2v) is 4.48. The largest absolute Gasteiger partial charge is 0.401 e. The number of nitrogens with one attached hydrogen (secondary N) is 2. The van der Waals surface area contributed by atoms with E-state index in [0.717, 1.165) is 0 Å². The van der Waals surface area contributed by atoms with Crippen LogP contribution in [0.2, 0.25) is 0 Å². The van der Waals surface area contributed by atoms with Crippen LogP contribution in [0.25, 0.3) is 0 Å². The molecule has 0 saturated heterocycles. The monoisotopic (exact) mass is 257 g/mol. The average molecular weight is 257 g/mol. The fourth-order valence-corrected chi connectivity index (χ4v) is 0.944. The van der Waals surface area contributed by atoms with Crippen LogP contribution < -0.4 is 16.0 Å². The standard InChI is InChI=1S/C9H11N3O6/c1-9(2,3)7(14)18-6-4(12(16)17)5(13)10-8(15)11-6/h1-3H3,(H2,10,11,13,15). The first kappa shape index (κ1) is 13.6. The number of esters is 1. The van der Waals surface area contributed by atoms with Crippen molar-refractivity contribution >= 4 is 11.7 Å². The lowest BCUT2D eigenvalue weighted by molar-refractivity contribution is -0.387. The van der Waals surface area contributed by atoms with Gasteiger partial charge in [-0.3, -0.25) is 29.7 Å². The molecule has 0 aliphatic carbocycles. The van der Waals surface area contributed by atoms with E-state index in [1.165, 1.54) is 20.8 Å². The fraction of sp³-hybridized carbons (Fsp3) is 0.444. The molecule has 0 radical (unpaired) electrons. The van der Waals surface area contributed by atoms with Crippen LogP contribution >= 0.6 is 0 Å². The van der Waals surface area contributed by atoms with Gasteiger partial charge in [0.2, 0.25) is 0 Å². The lowest BCUT2D eigenvalue weighted by Gasteiger charge is -2.15. The first-order chi connectivity index (χ1) is 8.12. The van der Waals surface area contributed by atoms with E-state index in [9.17, 15) is 24.5 Å². The number of aromatic amines is 2. The zero-order valence-electron chi connectivity index (χ0n) is 9.90. The lowest BCUT2D eigenvalue weighted by Crippen LogP contribution is -2.30. The van der Waals surface area contributed by atoms with Gasteiger partial charge >= 0.3 is 22.9 Å². The molecule has 9 nitrogen and oxygen atoms in total. The molecule has 0 unspecified atom stereocenters. The summed E-state index contributed by atoms with van der Waals surface area (Å²) in [6.07, 6.45) is 0. The summed E-state index contributed by atoms with van der Waals surface area (Å²) in [4.78, 5) is 47.0. The van der Waals surface area contributed by atoms with Gasteiger partial charge in [-0.1, -0.05) is 0 Å². The maximum atomic E-state index is 11.6. The van der Waals surface area contributed by atoms with E-state index in [2.05, 4.69) is 4.74 Å². The normalized spacial score (nSPS) is 11.1. The van der Waals surface area contributed by atoms with Gasteiger partial charge in [0.25, 0.3) is 5.88 Å². The zero-order valence-corrected chi connectivity index (χ0v) is 9.90. The Morgan fingerprint density at radius 3 is 2.28 bits per heavy atom. The molecule has 0 spiro atoms. The molecule has 0 aliphatic heterocycles. The average Bonchev–Trinajstić information content (AvgIpc) is 2.13. The van der Waals surface area contributed by atoms with Gasteiger partial charge in [0.05, 0.1) is 10.3 Å². The van der Waals surface area contributed by atoms with Crippen LogP contribution in [0, 0.1) is 15.5 Å². The molecular formula is C9H11N3O6. The molecule has 1 rings (SSSR count). The van der Waals surface area contributed by atoms with Crippen molar-refractivity contribution in [1.82, 2.24) is 9.97 Å². The molecule has 1 aromatic heterocycles. The number of H-pyrrole nitrogens is 2. The Labute approximate surface area is 99.9 Å².